The monoisotopic (exact) mass is 233 g/mol. The molecule has 0 aromatic carbocycles. The van der Waals surface area contributed by atoms with Gasteiger partial charge in [0.1, 0.15) is 0 Å². The molecule has 1 aliphatic carbocycles. The second-order valence-corrected chi connectivity index (χ2v) is 5.89. The van der Waals surface area contributed by atoms with Crippen molar-refractivity contribution in [2.45, 2.75) is 44.2 Å². The molecule has 0 aromatic rings. The third-order valence-electron chi connectivity index (χ3n) is 2.77. The lowest BCUT2D eigenvalue weighted by molar-refractivity contribution is 0.512. The maximum Gasteiger partial charge on any atom is 0.277 e. The van der Waals surface area contributed by atoms with Crippen molar-refractivity contribution in [3.63, 3.8) is 0 Å². The maximum atomic E-state index is 11.6. The first-order chi connectivity index (χ1) is 7.16. The molecule has 0 radical (unpaired) electrons. The Balaban J connectivity index is 1.82. The van der Waals surface area contributed by atoms with Crippen LogP contribution in [0.1, 0.15) is 32.1 Å². The van der Waals surface area contributed by atoms with Crippen LogP contribution in [0.5, 0.6) is 0 Å². The smallest absolute Gasteiger partial charge is 0.277 e. The van der Waals surface area contributed by atoms with E-state index in [4.69, 9.17) is 0 Å². The van der Waals surface area contributed by atoms with E-state index in [2.05, 4.69) is 14.8 Å². The van der Waals surface area contributed by atoms with Gasteiger partial charge in [0.15, 0.2) is 0 Å². The van der Waals surface area contributed by atoms with Crippen LogP contribution in [0.2, 0.25) is 0 Å². The quantitative estimate of drug-likeness (QED) is 0.625. The van der Waals surface area contributed by atoms with E-state index in [1.54, 1.807) is 0 Å². The Morgan fingerprint density at radius 3 is 2.47 bits per heavy atom. The number of rotatable bonds is 4. The molecule has 2 fully saturated rings. The van der Waals surface area contributed by atoms with E-state index in [-0.39, 0.29) is 12.1 Å². The van der Waals surface area contributed by atoms with E-state index in [0.717, 1.165) is 45.2 Å². The van der Waals surface area contributed by atoms with E-state index in [1.165, 1.54) is 0 Å². The van der Waals surface area contributed by atoms with Gasteiger partial charge < -0.3 is 5.32 Å². The third kappa shape index (κ3) is 4.06. The zero-order valence-corrected chi connectivity index (χ0v) is 9.65. The molecule has 0 spiro atoms. The lowest BCUT2D eigenvalue weighted by Gasteiger charge is -2.16. The number of nitrogens with one attached hydrogen (secondary N) is 3. The first-order valence-electron chi connectivity index (χ1n) is 5.66. The van der Waals surface area contributed by atoms with Crippen molar-refractivity contribution in [2.75, 3.05) is 13.1 Å². The molecule has 0 bridgehead atoms. The molecule has 1 aliphatic heterocycles. The van der Waals surface area contributed by atoms with Gasteiger partial charge in [0.05, 0.1) is 0 Å². The Kier molecular flexibility index (Phi) is 3.60. The molecule has 15 heavy (non-hydrogen) atoms. The lowest BCUT2D eigenvalue weighted by atomic mass is 10.2. The summed E-state index contributed by atoms with van der Waals surface area (Å²) < 4.78 is 28.6. The van der Waals surface area contributed by atoms with Gasteiger partial charge in [-0.3, -0.25) is 0 Å². The number of hydrogen-bond donors (Lipinski definition) is 3. The average Bonchev–Trinajstić information content (AvgIpc) is 2.92. The SMILES string of the molecule is O=S(=O)(NC1CC1)NC1CCCCNC1. The summed E-state index contributed by atoms with van der Waals surface area (Å²) in [5.74, 6) is 0. The zero-order chi connectivity index (χ0) is 10.7. The fourth-order valence-electron chi connectivity index (χ4n) is 1.79. The van der Waals surface area contributed by atoms with E-state index < -0.39 is 10.2 Å². The fraction of sp³-hybridized carbons (Fsp3) is 1.00. The molecule has 1 heterocycles. The average molecular weight is 233 g/mol. The molecular formula is C9H19N3O2S. The van der Waals surface area contributed by atoms with Crippen molar-refractivity contribution in [3.8, 4) is 0 Å². The summed E-state index contributed by atoms with van der Waals surface area (Å²) in [5.41, 5.74) is 0. The highest BCUT2D eigenvalue weighted by molar-refractivity contribution is 7.87. The van der Waals surface area contributed by atoms with Gasteiger partial charge >= 0.3 is 0 Å². The Labute approximate surface area is 91.2 Å². The largest absolute Gasteiger partial charge is 0.315 e. The Hall–Kier alpha value is -0.170. The van der Waals surface area contributed by atoms with E-state index in [9.17, 15) is 8.42 Å². The highest BCUT2D eigenvalue weighted by Gasteiger charge is 2.28. The highest BCUT2D eigenvalue weighted by atomic mass is 32.2. The van der Waals surface area contributed by atoms with E-state index >= 15 is 0 Å². The van der Waals surface area contributed by atoms with Gasteiger partial charge in [0.2, 0.25) is 0 Å². The van der Waals surface area contributed by atoms with Gasteiger partial charge in [0, 0.05) is 18.6 Å². The molecule has 1 saturated heterocycles. The maximum absolute atomic E-state index is 11.6. The lowest BCUT2D eigenvalue weighted by Crippen LogP contribution is -2.46. The van der Waals surface area contributed by atoms with Crippen LogP contribution in [0.3, 0.4) is 0 Å². The topological polar surface area (TPSA) is 70.2 Å². The molecule has 6 heteroatoms. The van der Waals surface area contributed by atoms with Crippen LogP contribution in [-0.4, -0.2) is 33.6 Å². The molecule has 1 saturated carbocycles. The Morgan fingerprint density at radius 2 is 1.73 bits per heavy atom. The van der Waals surface area contributed by atoms with Crippen LogP contribution < -0.4 is 14.8 Å². The molecule has 0 amide bonds. The fourth-order valence-corrected chi connectivity index (χ4v) is 3.18. The van der Waals surface area contributed by atoms with Crippen LogP contribution in [0.4, 0.5) is 0 Å². The van der Waals surface area contributed by atoms with Crippen molar-refractivity contribution in [1.82, 2.24) is 14.8 Å². The third-order valence-corrected chi connectivity index (χ3v) is 4.06. The molecule has 88 valence electrons. The molecular weight excluding hydrogens is 214 g/mol. The summed E-state index contributed by atoms with van der Waals surface area (Å²) in [6, 6.07) is 0.227. The highest BCUT2D eigenvalue weighted by Crippen LogP contribution is 2.19. The minimum Gasteiger partial charge on any atom is -0.315 e. The standard InChI is InChI=1S/C9H19N3O2S/c13-15(14,11-8-4-5-8)12-9-3-1-2-6-10-7-9/h8-12H,1-7H2. The van der Waals surface area contributed by atoms with Crippen LogP contribution in [0.15, 0.2) is 0 Å². The van der Waals surface area contributed by atoms with Crippen molar-refractivity contribution in [2.24, 2.45) is 0 Å². The Bertz CT molecular complexity index is 292. The molecule has 2 rings (SSSR count). The van der Waals surface area contributed by atoms with Gasteiger partial charge in [-0.25, -0.2) is 0 Å². The summed E-state index contributed by atoms with van der Waals surface area (Å²) in [6.07, 6.45) is 5.10. The summed E-state index contributed by atoms with van der Waals surface area (Å²) in [4.78, 5) is 0. The summed E-state index contributed by atoms with van der Waals surface area (Å²) in [7, 11) is -3.27. The summed E-state index contributed by atoms with van der Waals surface area (Å²) >= 11 is 0. The minimum absolute atomic E-state index is 0.0451. The summed E-state index contributed by atoms with van der Waals surface area (Å²) in [5, 5.41) is 3.23. The van der Waals surface area contributed by atoms with Gasteiger partial charge in [0.25, 0.3) is 10.2 Å². The van der Waals surface area contributed by atoms with Crippen molar-refractivity contribution in [1.29, 1.82) is 0 Å². The molecule has 0 aromatic heterocycles. The second kappa shape index (κ2) is 4.78. The molecule has 2 aliphatic rings. The van der Waals surface area contributed by atoms with Crippen molar-refractivity contribution in [3.05, 3.63) is 0 Å². The predicted octanol–water partition coefficient (Wildman–Crippen LogP) is -0.285. The number of hydrogen-bond acceptors (Lipinski definition) is 3. The minimum atomic E-state index is -3.27. The van der Waals surface area contributed by atoms with Crippen LogP contribution in [-0.2, 0) is 10.2 Å². The molecule has 1 unspecified atom stereocenters. The normalized spacial score (nSPS) is 28.7. The van der Waals surface area contributed by atoms with Gasteiger partial charge in [-0.1, -0.05) is 6.42 Å². The van der Waals surface area contributed by atoms with Gasteiger partial charge in [-0.05, 0) is 32.2 Å². The van der Waals surface area contributed by atoms with Crippen LogP contribution in [0, 0.1) is 0 Å². The molecule has 3 N–H and O–H groups in total. The van der Waals surface area contributed by atoms with Crippen LogP contribution >= 0.6 is 0 Å². The van der Waals surface area contributed by atoms with Gasteiger partial charge in [-0.2, -0.15) is 17.9 Å². The van der Waals surface area contributed by atoms with Gasteiger partial charge in [-0.15, -0.1) is 0 Å². The first-order valence-corrected chi connectivity index (χ1v) is 7.14. The summed E-state index contributed by atoms with van der Waals surface area (Å²) in [6.45, 7) is 1.74. The second-order valence-electron chi connectivity index (χ2n) is 4.41. The van der Waals surface area contributed by atoms with Crippen molar-refractivity contribution >= 4 is 10.2 Å². The van der Waals surface area contributed by atoms with E-state index in [1.807, 2.05) is 0 Å². The van der Waals surface area contributed by atoms with E-state index in [0.29, 0.717) is 0 Å². The van der Waals surface area contributed by atoms with Crippen molar-refractivity contribution < 1.29 is 8.42 Å². The first kappa shape index (κ1) is 11.3. The van der Waals surface area contributed by atoms with Crippen LogP contribution in [0.25, 0.3) is 0 Å². The zero-order valence-electron chi connectivity index (χ0n) is 8.83. The predicted molar refractivity (Wildman–Crippen MR) is 58.7 cm³/mol. The molecule has 1 atom stereocenters. The Morgan fingerprint density at radius 1 is 1.00 bits per heavy atom. The molecule has 5 nitrogen and oxygen atoms in total.